The number of hydrogen-bond acceptors (Lipinski definition) is 9. The Hall–Kier alpha value is -3.50. The zero-order valence-electron chi connectivity index (χ0n) is 18.8. The number of aromatic nitrogens is 6. The van der Waals surface area contributed by atoms with Crippen LogP contribution in [0.15, 0.2) is 49.1 Å². The first-order valence-corrected chi connectivity index (χ1v) is 10.5. The molecule has 4 aromatic rings. The standard InChI is InChI=1S/C22H26N8O2.ClH/c1-4-29(20-13-27-30(28-20)15(2)3)22-18-11-16(5-7-19(18)25-14-26-22)32-21-8-6-17(12-24-21)31-10-9-23;/h5-8,11-15H,4,9-10,23H2,1-3H3;1H. The number of ether oxygens (including phenoxy) is 2. The van der Waals surface area contributed by atoms with Crippen molar-refractivity contribution in [3.63, 3.8) is 0 Å². The van der Waals surface area contributed by atoms with E-state index in [0.29, 0.717) is 37.1 Å². The Balaban J connectivity index is 0.00000306. The summed E-state index contributed by atoms with van der Waals surface area (Å²) in [5, 5.41) is 9.79. The molecule has 0 radical (unpaired) electrons. The largest absolute Gasteiger partial charge is 0.491 e. The van der Waals surface area contributed by atoms with Crippen molar-refractivity contribution in [3.8, 4) is 17.4 Å². The Kier molecular flexibility index (Phi) is 7.96. The molecule has 0 bridgehead atoms. The Morgan fingerprint density at radius 2 is 1.88 bits per heavy atom. The maximum absolute atomic E-state index is 5.96. The van der Waals surface area contributed by atoms with Crippen molar-refractivity contribution in [1.29, 1.82) is 0 Å². The second-order valence-corrected chi connectivity index (χ2v) is 7.31. The van der Waals surface area contributed by atoms with Crippen LogP contribution >= 0.6 is 12.4 Å². The fourth-order valence-corrected chi connectivity index (χ4v) is 3.17. The van der Waals surface area contributed by atoms with Crippen LogP contribution in [0, 0.1) is 0 Å². The topological polar surface area (TPSA) is 117 Å². The van der Waals surface area contributed by atoms with Crippen LogP contribution in [0.1, 0.15) is 26.8 Å². The summed E-state index contributed by atoms with van der Waals surface area (Å²) in [7, 11) is 0. The molecule has 0 atom stereocenters. The molecule has 0 saturated carbocycles. The van der Waals surface area contributed by atoms with Crippen LogP contribution in [0.5, 0.6) is 17.4 Å². The van der Waals surface area contributed by atoms with Gasteiger partial charge in [0, 0.05) is 24.5 Å². The SMILES string of the molecule is CCN(c1cnn(C(C)C)n1)c1ncnc2ccc(Oc3ccc(OCCN)cn3)cc12.Cl. The lowest BCUT2D eigenvalue weighted by Gasteiger charge is -2.20. The molecule has 0 unspecified atom stereocenters. The molecule has 0 spiro atoms. The molecule has 33 heavy (non-hydrogen) atoms. The van der Waals surface area contributed by atoms with Crippen LogP contribution in [0.3, 0.4) is 0 Å². The summed E-state index contributed by atoms with van der Waals surface area (Å²) in [4.78, 5) is 16.9. The lowest BCUT2D eigenvalue weighted by molar-refractivity contribution is 0.325. The Labute approximate surface area is 198 Å². The van der Waals surface area contributed by atoms with E-state index in [1.165, 1.54) is 0 Å². The summed E-state index contributed by atoms with van der Waals surface area (Å²) >= 11 is 0. The van der Waals surface area contributed by atoms with Crippen LogP contribution in [-0.4, -0.2) is 49.6 Å². The molecule has 11 heteroatoms. The minimum atomic E-state index is 0. The van der Waals surface area contributed by atoms with E-state index in [1.807, 2.05) is 43.9 Å². The van der Waals surface area contributed by atoms with E-state index >= 15 is 0 Å². The number of benzene rings is 1. The van der Waals surface area contributed by atoms with Gasteiger partial charge in [-0.3, -0.25) is 0 Å². The molecule has 3 heterocycles. The molecule has 10 nitrogen and oxygen atoms in total. The second-order valence-electron chi connectivity index (χ2n) is 7.31. The normalized spacial score (nSPS) is 10.8. The first-order valence-electron chi connectivity index (χ1n) is 10.5. The first kappa shape index (κ1) is 24.1. The molecule has 4 rings (SSSR count). The number of nitrogens with two attached hydrogens (primary N) is 1. The summed E-state index contributed by atoms with van der Waals surface area (Å²) in [6.07, 6.45) is 4.91. The van der Waals surface area contributed by atoms with Crippen molar-refractivity contribution in [2.24, 2.45) is 5.73 Å². The second kappa shape index (κ2) is 10.9. The lowest BCUT2D eigenvalue weighted by atomic mass is 10.2. The number of fused-ring (bicyclic) bond motifs is 1. The zero-order valence-corrected chi connectivity index (χ0v) is 19.6. The smallest absolute Gasteiger partial charge is 0.219 e. The van der Waals surface area contributed by atoms with Crippen LogP contribution in [-0.2, 0) is 0 Å². The summed E-state index contributed by atoms with van der Waals surface area (Å²) in [6.45, 7) is 7.67. The fraction of sp³-hybridized carbons (Fsp3) is 0.318. The fourth-order valence-electron chi connectivity index (χ4n) is 3.17. The minimum Gasteiger partial charge on any atom is -0.491 e. The molecule has 0 fully saturated rings. The molecule has 174 valence electrons. The van der Waals surface area contributed by atoms with Crippen LogP contribution in [0.25, 0.3) is 10.9 Å². The van der Waals surface area contributed by atoms with Crippen molar-refractivity contribution in [1.82, 2.24) is 29.9 Å². The van der Waals surface area contributed by atoms with Gasteiger partial charge in [0.15, 0.2) is 5.82 Å². The van der Waals surface area contributed by atoms with Gasteiger partial charge in [0.25, 0.3) is 0 Å². The molecule has 1 aromatic carbocycles. The van der Waals surface area contributed by atoms with Gasteiger partial charge in [0.2, 0.25) is 5.88 Å². The van der Waals surface area contributed by atoms with Gasteiger partial charge >= 0.3 is 0 Å². The predicted molar refractivity (Wildman–Crippen MR) is 129 cm³/mol. The third-order valence-electron chi connectivity index (χ3n) is 4.71. The summed E-state index contributed by atoms with van der Waals surface area (Å²) in [5.41, 5.74) is 6.26. The highest BCUT2D eigenvalue weighted by Crippen LogP contribution is 2.32. The van der Waals surface area contributed by atoms with Crippen molar-refractivity contribution >= 4 is 34.9 Å². The molecule has 0 amide bonds. The highest BCUT2D eigenvalue weighted by molar-refractivity contribution is 5.92. The van der Waals surface area contributed by atoms with Crippen molar-refractivity contribution < 1.29 is 9.47 Å². The van der Waals surface area contributed by atoms with Gasteiger partial charge in [-0.05, 0) is 45.0 Å². The molecule has 0 aliphatic rings. The molecule has 2 N–H and O–H groups in total. The number of rotatable bonds is 9. The minimum absolute atomic E-state index is 0. The van der Waals surface area contributed by atoms with Gasteiger partial charge in [0.1, 0.15) is 30.3 Å². The molecule has 3 aromatic heterocycles. The van der Waals surface area contributed by atoms with Crippen LogP contribution in [0.2, 0.25) is 0 Å². The monoisotopic (exact) mass is 470 g/mol. The van der Waals surface area contributed by atoms with Crippen LogP contribution < -0.4 is 20.1 Å². The third-order valence-corrected chi connectivity index (χ3v) is 4.71. The quantitative estimate of drug-likeness (QED) is 0.388. The summed E-state index contributed by atoms with van der Waals surface area (Å²) < 4.78 is 11.4. The lowest BCUT2D eigenvalue weighted by Crippen LogP contribution is -2.19. The maximum atomic E-state index is 5.96. The van der Waals surface area contributed by atoms with Crippen molar-refractivity contribution in [3.05, 3.63) is 49.1 Å². The van der Waals surface area contributed by atoms with E-state index in [9.17, 15) is 0 Å². The maximum Gasteiger partial charge on any atom is 0.219 e. The third kappa shape index (κ3) is 5.47. The number of hydrogen-bond donors (Lipinski definition) is 1. The van der Waals surface area contributed by atoms with E-state index in [0.717, 1.165) is 22.5 Å². The molecule has 0 saturated heterocycles. The highest BCUT2D eigenvalue weighted by Gasteiger charge is 2.17. The predicted octanol–water partition coefficient (Wildman–Crippen LogP) is 3.91. The van der Waals surface area contributed by atoms with Gasteiger partial charge in [-0.15, -0.1) is 17.5 Å². The number of anilines is 2. The van der Waals surface area contributed by atoms with Crippen LogP contribution in [0.4, 0.5) is 11.6 Å². The molecule has 0 aliphatic carbocycles. The Bertz CT molecular complexity index is 1180. The Morgan fingerprint density at radius 1 is 1.06 bits per heavy atom. The van der Waals surface area contributed by atoms with E-state index in [1.54, 1.807) is 35.7 Å². The van der Waals surface area contributed by atoms with Gasteiger partial charge in [-0.2, -0.15) is 9.90 Å². The number of halogens is 1. The highest BCUT2D eigenvalue weighted by atomic mass is 35.5. The molecular formula is C22H27ClN8O2. The van der Waals surface area contributed by atoms with Gasteiger partial charge in [0.05, 0.1) is 24.0 Å². The number of nitrogens with zero attached hydrogens (tertiary/aromatic N) is 7. The average molecular weight is 471 g/mol. The van der Waals surface area contributed by atoms with Crippen molar-refractivity contribution in [2.75, 3.05) is 24.6 Å². The number of pyridine rings is 1. The van der Waals surface area contributed by atoms with Gasteiger partial charge in [-0.1, -0.05) is 0 Å². The van der Waals surface area contributed by atoms with E-state index in [4.69, 9.17) is 15.2 Å². The summed E-state index contributed by atoms with van der Waals surface area (Å²) in [5.74, 6) is 3.18. The Morgan fingerprint density at radius 3 is 2.55 bits per heavy atom. The van der Waals surface area contributed by atoms with Gasteiger partial charge in [-0.25, -0.2) is 15.0 Å². The summed E-state index contributed by atoms with van der Waals surface area (Å²) in [6, 6.07) is 9.37. The average Bonchev–Trinajstić information content (AvgIpc) is 3.30. The first-order chi connectivity index (χ1) is 15.6. The van der Waals surface area contributed by atoms with Gasteiger partial charge < -0.3 is 20.1 Å². The van der Waals surface area contributed by atoms with E-state index in [-0.39, 0.29) is 18.4 Å². The molecule has 0 aliphatic heterocycles. The zero-order chi connectivity index (χ0) is 22.5. The molecular weight excluding hydrogens is 444 g/mol. The van der Waals surface area contributed by atoms with E-state index in [2.05, 4.69) is 25.1 Å². The van der Waals surface area contributed by atoms with E-state index < -0.39 is 0 Å². The van der Waals surface area contributed by atoms with Crippen molar-refractivity contribution in [2.45, 2.75) is 26.8 Å².